The third-order valence-electron chi connectivity index (χ3n) is 6.19. The topological polar surface area (TPSA) is 85.2 Å². The van der Waals surface area contributed by atoms with Crippen molar-refractivity contribution in [3.05, 3.63) is 47.9 Å². The van der Waals surface area contributed by atoms with E-state index < -0.39 is 0 Å². The van der Waals surface area contributed by atoms with Gasteiger partial charge < -0.3 is 24.2 Å². The smallest absolute Gasteiger partial charge is 0.247 e. The van der Waals surface area contributed by atoms with Crippen LogP contribution in [0.3, 0.4) is 0 Å². The standard InChI is InChI=1S/C25H28N4O3/c1-14(2)22-18-11-16(24-28-29-25(32-24)17-9-10-26-13-17)5-7-19(18)27-23(22)15-6-8-20(30-3)21(12-15)31-4/h5-8,11-12,14,17,26-27H,9-10,13H2,1-4H3. The Bertz CT molecular complexity index is 1250. The summed E-state index contributed by atoms with van der Waals surface area (Å²) in [7, 11) is 3.30. The van der Waals surface area contributed by atoms with Crippen molar-refractivity contribution in [2.45, 2.75) is 32.1 Å². The number of rotatable bonds is 6. The van der Waals surface area contributed by atoms with Gasteiger partial charge in [0.2, 0.25) is 11.8 Å². The summed E-state index contributed by atoms with van der Waals surface area (Å²) in [6.45, 7) is 6.30. The van der Waals surface area contributed by atoms with Crippen LogP contribution in [0.2, 0.25) is 0 Å². The van der Waals surface area contributed by atoms with Gasteiger partial charge in [0.1, 0.15) is 0 Å². The molecule has 7 heteroatoms. The molecule has 3 heterocycles. The van der Waals surface area contributed by atoms with Crippen LogP contribution in [0.1, 0.15) is 43.6 Å². The quantitative estimate of drug-likeness (QED) is 0.441. The zero-order valence-electron chi connectivity index (χ0n) is 18.9. The zero-order valence-corrected chi connectivity index (χ0v) is 18.9. The lowest BCUT2D eigenvalue weighted by molar-refractivity contribution is 0.355. The molecule has 7 nitrogen and oxygen atoms in total. The Morgan fingerprint density at radius 1 is 1.00 bits per heavy atom. The van der Waals surface area contributed by atoms with E-state index in [0.717, 1.165) is 47.2 Å². The number of fused-ring (bicyclic) bond motifs is 1. The van der Waals surface area contributed by atoms with Crippen molar-refractivity contribution in [3.63, 3.8) is 0 Å². The molecule has 1 unspecified atom stereocenters. The summed E-state index contributed by atoms with van der Waals surface area (Å²) in [5.41, 5.74) is 5.38. The van der Waals surface area contributed by atoms with Crippen LogP contribution in [0.5, 0.6) is 11.5 Å². The summed E-state index contributed by atoms with van der Waals surface area (Å²) in [6, 6.07) is 12.3. The molecule has 166 valence electrons. The summed E-state index contributed by atoms with van der Waals surface area (Å²) in [5, 5.41) is 13.2. The van der Waals surface area contributed by atoms with Gasteiger partial charge in [0, 0.05) is 28.6 Å². The molecule has 2 aromatic carbocycles. The highest BCUT2D eigenvalue weighted by Crippen LogP contribution is 2.40. The number of aromatic nitrogens is 3. The van der Waals surface area contributed by atoms with Crippen molar-refractivity contribution in [3.8, 4) is 34.2 Å². The molecule has 2 aromatic heterocycles. The molecule has 2 N–H and O–H groups in total. The first-order chi connectivity index (χ1) is 15.6. The molecule has 0 aliphatic carbocycles. The van der Waals surface area contributed by atoms with E-state index in [1.165, 1.54) is 5.56 Å². The van der Waals surface area contributed by atoms with Gasteiger partial charge in [0.05, 0.1) is 25.8 Å². The van der Waals surface area contributed by atoms with Gasteiger partial charge in [0.25, 0.3) is 0 Å². The first-order valence-electron chi connectivity index (χ1n) is 11.0. The van der Waals surface area contributed by atoms with E-state index in [1.807, 2.05) is 18.2 Å². The van der Waals surface area contributed by atoms with Crippen LogP contribution >= 0.6 is 0 Å². The fourth-order valence-corrected chi connectivity index (χ4v) is 4.55. The summed E-state index contributed by atoms with van der Waals surface area (Å²) in [4.78, 5) is 3.61. The third kappa shape index (κ3) is 3.52. The van der Waals surface area contributed by atoms with Gasteiger partial charge in [0.15, 0.2) is 11.5 Å². The number of ether oxygens (including phenoxy) is 2. The summed E-state index contributed by atoms with van der Waals surface area (Å²) in [5.74, 6) is 3.32. The zero-order chi connectivity index (χ0) is 22.2. The molecule has 0 radical (unpaired) electrons. The molecular formula is C25H28N4O3. The van der Waals surface area contributed by atoms with Gasteiger partial charge in [-0.1, -0.05) is 13.8 Å². The number of H-pyrrole nitrogens is 1. The highest BCUT2D eigenvalue weighted by Gasteiger charge is 2.24. The molecule has 0 spiro atoms. The highest BCUT2D eigenvalue weighted by molar-refractivity contribution is 5.94. The number of nitrogens with zero attached hydrogens (tertiary/aromatic N) is 2. The van der Waals surface area contributed by atoms with Gasteiger partial charge in [-0.15, -0.1) is 10.2 Å². The maximum absolute atomic E-state index is 6.05. The van der Waals surface area contributed by atoms with E-state index in [9.17, 15) is 0 Å². The molecule has 1 fully saturated rings. The van der Waals surface area contributed by atoms with Crippen LogP contribution in [0.15, 0.2) is 40.8 Å². The number of hydrogen-bond donors (Lipinski definition) is 2. The van der Waals surface area contributed by atoms with E-state index in [0.29, 0.717) is 35.1 Å². The van der Waals surface area contributed by atoms with Crippen molar-refractivity contribution in [2.24, 2.45) is 0 Å². The van der Waals surface area contributed by atoms with Crippen LogP contribution in [-0.4, -0.2) is 42.5 Å². The van der Waals surface area contributed by atoms with Crippen LogP contribution in [-0.2, 0) is 0 Å². The SMILES string of the molecule is COc1ccc(-c2[nH]c3ccc(-c4nnc(C5CCNC5)o4)cc3c2C(C)C)cc1OC. The van der Waals surface area contributed by atoms with Crippen LogP contribution in [0.4, 0.5) is 0 Å². The second-order valence-electron chi connectivity index (χ2n) is 8.53. The monoisotopic (exact) mass is 432 g/mol. The normalized spacial score (nSPS) is 16.2. The van der Waals surface area contributed by atoms with E-state index >= 15 is 0 Å². The van der Waals surface area contributed by atoms with E-state index in [1.54, 1.807) is 14.2 Å². The molecule has 1 aliphatic heterocycles. The van der Waals surface area contributed by atoms with Crippen molar-refractivity contribution in [1.82, 2.24) is 20.5 Å². The van der Waals surface area contributed by atoms with Gasteiger partial charge in [-0.3, -0.25) is 0 Å². The second kappa shape index (κ2) is 8.31. The molecule has 32 heavy (non-hydrogen) atoms. The molecule has 1 saturated heterocycles. The molecule has 0 saturated carbocycles. The predicted octanol–water partition coefficient (Wildman–Crippen LogP) is 5.10. The minimum atomic E-state index is 0.301. The van der Waals surface area contributed by atoms with Crippen molar-refractivity contribution in [2.75, 3.05) is 27.3 Å². The maximum Gasteiger partial charge on any atom is 0.247 e. The van der Waals surface area contributed by atoms with E-state index in [-0.39, 0.29) is 0 Å². The van der Waals surface area contributed by atoms with Gasteiger partial charge in [-0.25, -0.2) is 0 Å². The van der Waals surface area contributed by atoms with Crippen LogP contribution in [0, 0.1) is 0 Å². The molecule has 5 rings (SSSR count). The number of hydrogen-bond acceptors (Lipinski definition) is 6. The Morgan fingerprint density at radius 2 is 1.81 bits per heavy atom. The molecule has 1 aliphatic rings. The molecule has 4 aromatic rings. The summed E-state index contributed by atoms with van der Waals surface area (Å²) >= 11 is 0. The molecule has 0 bridgehead atoms. The molecule has 1 atom stereocenters. The first kappa shape index (κ1) is 20.6. The Balaban J connectivity index is 1.59. The maximum atomic E-state index is 6.05. The number of methoxy groups -OCH3 is 2. The molecular weight excluding hydrogens is 404 g/mol. The molecule has 0 amide bonds. The largest absolute Gasteiger partial charge is 0.493 e. The minimum absolute atomic E-state index is 0.301. The lowest BCUT2D eigenvalue weighted by atomic mass is 9.95. The fraction of sp³-hybridized carbons (Fsp3) is 0.360. The van der Waals surface area contributed by atoms with Gasteiger partial charge in [-0.05, 0) is 60.8 Å². The van der Waals surface area contributed by atoms with Gasteiger partial charge >= 0.3 is 0 Å². The number of nitrogens with one attached hydrogen (secondary N) is 2. The van der Waals surface area contributed by atoms with Crippen molar-refractivity contribution >= 4 is 10.9 Å². The highest BCUT2D eigenvalue weighted by atomic mass is 16.5. The Kier molecular flexibility index (Phi) is 5.35. The number of aromatic amines is 1. The fourth-order valence-electron chi connectivity index (χ4n) is 4.55. The Morgan fingerprint density at radius 3 is 2.53 bits per heavy atom. The average Bonchev–Trinajstić information content (AvgIpc) is 3.56. The summed E-state index contributed by atoms with van der Waals surface area (Å²) < 4.78 is 17.0. The van der Waals surface area contributed by atoms with Crippen LogP contribution in [0.25, 0.3) is 33.6 Å². The average molecular weight is 433 g/mol. The van der Waals surface area contributed by atoms with Crippen LogP contribution < -0.4 is 14.8 Å². The third-order valence-corrected chi connectivity index (χ3v) is 6.19. The Hall–Kier alpha value is -3.32. The minimum Gasteiger partial charge on any atom is -0.493 e. The Labute approximate surface area is 187 Å². The van der Waals surface area contributed by atoms with E-state index in [4.69, 9.17) is 13.9 Å². The van der Waals surface area contributed by atoms with Crippen molar-refractivity contribution in [1.29, 1.82) is 0 Å². The lowest BCUT2D eigenvalue weighted by Gasteiger charge is -2.12. The summed E-state index contributed by atoms with van der Waals surface area (Å²) in [6.07, 6.45) is 1.03. The van der Waals surface area contributed by atoms with Crippen molar-refractivity contribution < 1.29 is 13.9 Å². The van der Waals surface area contributed by atoms with E-state index in [2.05, 4.69) is 52.5 Å². The van der Waals surface area contributed by atoms with Gasteiger partial charge in [-0.2, -0.15) is 0 Å². The predicted molar refractivity (Wildman–Crippen MR) is 124 cm³/mol. The first-order valence-corrected chi connectivity index (χ1v) is 11.0. The second-order valence-corrected chi connectivity index (χ2v) is 8.53. The number of benzene rings is 2. The lowest BCUT2D eigenvalue weighted by Crippen LogP contribution is -2.08.